The molecule has 3 aromatic rings. The van der Waals surface area contributed by atoms with Gasteiger partial charge in [0.1, 0.15) is 5.75 Å². The summed E-state index contributed by atoms with van der Waals surface area (Å²) >= 11 is 5.98. The highest BCUT2D eigenvalue weighted by molar-refractivity contribution is 7.92. The molecule has 1 atom stereocenters. The van der Waals surface area contributed by atoms with Crippen LogP contribution in [0.1, 0.15) is 30.0 Å². The number of ether oxygens (including phenoxy) is 1. The number of sulfonamides is 1. The Morgan fingerprint density at radius 2 is 1.70 bits per heavy atom. The Hall–Kier alpha value is -3.03. The topological polar surface area (TPSA) is 84.5 Å². The normalized spacial score (nSPS) is 12.2. The summed E-state index contributed by atoms with van der Waals surface area (Å²) in [6.07, 6.45) is -0.199. The van der Waals surface area contributed by atoms with Gasteiger partial charge in [0.05, 0.1) is 10.6 Å². The van der Waals surface area contributed by atoms with Crippen molar-refractivity contribution in [3.63, 3.8) is 0 Å². The van der Waals surface area contributed by atoms with Gasteiger partial charge >= 0.3 is 0 Å². The fraction of sp³-hybridized carbons (Fsp3) is 0.240. The summed E-state index contributed by atoms with van der Waals surface area (Å²) in [6, 6.07) is 16.7. The fourth-order valence-corrected chi connectivity index (χ4v) is 4.47. The van der Waals surface area contributed by atoms with Crippen molar-refractivity contribution in [3.05, 3.63) is 82.4 Å². The second-order valence-corrected chi connectivity index (χ2v) is 9.91. The van der Waals surface area contributed by atoms with Crippen molar-refractivity contribution >= 4 is 38.9 Å². The maximum absolute atomic E-state index is 12.8. The average Bonchev–Trinajstić information content (AvgIpc) is 2.77. The van der Waals surface area contributed by atoms with E-state index in [4.69, 9.17) is 16.3 Å². The van der Waals surface area contributed by atoms with Crippen LogP contribution in [0.3, 0.4) is 0 Å². The van der Waals surface area contributed by atoms with Crippen LogP contribution in [-0.2, 0) is 14.8 Å². The molecule has 0 radical (unpaired) electrons. The first-order valence-electron chi connectivity index (χ1n) is 10.5. The van der Waals surface area contributed by atoms with Crippen molar-refractivity contribution in [2.24, 2.45) is 0 Å². The van der Waals surface area contributed by atoms with E-state index in [1.54, 1.807) is 37.3 Å². The molecule has 0 fully saturated rings. The van der Waals surface area contributed by atoms with E-state index < -0.39 is 16.1 Å². The van der Waals surface area contributed by atoms with Gasteiger partial charge in [-0.15, -0.1) is 0 Å². The van der Waals surface area contributed by atoms with Crippen molar-refractivity contribution in [1.82, 2.24) is 0 Å². The van der Waals surface area contributed by atoms with Gasteiger partial charge < -0.3 is 10.1 Å². The SMILES string of the molecule is CC[C@@H](Oc1cccc(C)c1C)C(=O)Nc1ccc(S(=O)(=O)Nc2cc(Cl)ccc2C)cc1. The second kappa shape index (κ2) is 10.3. The molecule has 1 amide bonds. The lowest BCUT2D eigenvalue weighted by molar-refractivity contribution is -0.122. The Kier molecular flexibility index (Phi) is 7.66. The molecule has 0 aliphatic heterocycles. The molecular formula is C25H27ClN2O4S. The first-order valence-corrected chi connectivity index (χ1v) is 12.4. The zero-order valence-corrected chi connectivity index (χ0v) is 20.5. The number of benzene rings is 3. The molecule has 0 saturated heterocycles. The van der Waals surface area contributed by atoms with E-state index in [1.807, 2.05) is 39.0 Å². The van der Waals surface area contributed by atoms with E-state index in [9.17, 15) is 13.2 Å². The second-order valence-electron chi connectivity index (χ2n) is 7.79. The van der Waals surface area contributed by atoms with E-state index in [2.05, 4.69) is 10.0 Å². The van der Waals surface area contributed by atoms with Crippen LogP contribution in [0, 0.1) is 20.8 Å². The number of hydrogen-bond donors (Lipinski definition) is 2. The van der Waals surface area contributed by atoms with Gasteiger partial charge in [-0.05, 0) is 86.3 Å². The summed E-state index contributed by atoms with van der Waals surface area (Å²) in [5.41, 5.74) is 3.71. The summed E-state index contributed by atoms with van der Waals surface area (Å²) in [7, 11) is -3.81. The van der Waals surface area contributed by atoms with Gasteiger partial charge in [0.25, 0.3) is 15.9 Å². The van der Waals surface area contributed by atoms with Crippen molar-refractivity contribution < 1.29 is 17.9 Å². The van der Waals surface area contributed by atoms with Crippen LogP contribution in [0.15, 0.2) is 65.6 Å². The number of aryl methyl sites for hydroxylation is 2. The molecule has 3 rings (SSSR count). The number of halogens is 1. The standard InChI is InChI=1S/C25H27ClN2O4S/c1-5-23(32-24-8-6-7-16(2)18(24)4)25(29)27-20-11-13-21(14-12-20)33(30,31)28-22-15-19(26)10-9-17(22)3/h6-15,23,28H,5H2,1-4H3,(H,27,29)/t23-/m1/s1. The third-order valence-electron chi connectivity index (χ3n) is 5.36. The molecule has 174 valence electrons. The lowest BCUT2D eigenvalue weighted by Crippen LogP contribution is -2.32. The van der Waals surface area contributed by atoms with Gasteiger partial charge in [-0.1, -0.05) is 36.7 Å². The molecule has 3 aromatic carbocycles. The Morgan fingerprint density at radius 1 is 1.00 bits per heavy atom. The Bertz CT molecular complexity index is 1260. The van der Waals surface area contributed by atoms with Crippen molar-refractivity contribution in [3.8, 4) is 5.75 Å². The number of anilines is 2. The summed E-state index contributed by atoms with van der Waals surface area (Å²) in [4.78, 5) is 12.8. The molecular weight excluding hydrogens is 460 g/mol. The van der Waals surface area contributed by atoms with Crippen LogP contribution < -0.4 is 14.8 Å². The fourth-order valence-electron chi connectivity index (χ4n) is 3.18. The number of rotatable bonds is 8. The average molecular weight is 487 g/mol. The van der Waals surface area contributed by atoms with Crippen LogP contribution in [-0.4, -0.2) is 20.4 Å². The van der Waals surface area contributed by atoms with E-state index in [0.29, 0.717) is 28.6 Å². The van der Waals surface area contributed by atoms with Crippen LogP contribution in [0.2, 0.25) is 5.02 Å². The number of carbonyl (C=O) groups is 1. The quantitative estimate of drug-likeness (QED) is 0.417. The van der Waals surface area contributed by atoms with Gasteiger partial charge in [0, 0.05) is 10.7 Å². The minimum Gasteiger partial charge on any atom is -0.480 e. The van der Waals surface area contributed by atoms with Gasteiger partial charge in [0.15, 0.2) is 6.10 Å². The molecule has 33 heavy (non-hydrogen) atoms. The molecule has 6 nitrogen and oxygen atoms in total. The van der Waals surface area contributed by atoms with E-state index in [0.717, 1.165) is 16.7 Å². The van der Waals surface area contributed by atoms with Crippen LogP contribution in [0.25, 0.3) is 0 Å². The molecule has 8 heteroatoms. The van der Waals surface area contributed by atoms with Crippen molar-refractivity contribution in [2.75, 3.05) is 10.0 Å². The minimum absolute atomic E-state index is 0.0681. The summed E-state index contributed by atoms with van der Waals surface area (Å²) in [5, 5.41) is 3.23. The molecule has 0 saturated carbocycles. The molecule has 0 bridgehead atoms. The largest absolute Gasteiger partial charge is 0.480 e. The van der Waals surface area contributed by atoms with E-state index in [1.165, 1.54) is 12.1 Å². The first kappa shape index (κ1) is 24.6. The number of nitrogens with one attached hydrogen (secondary N) is 2. The highest BCUT2D eigenvalue weighted by Crippen LogP contribution is 2.25. The number of hydrogen-bond acceptors (Lipinski definition) is 4. The van der Waals surface area contributed by atoms with Gasteiger partial charge in [-0.25, -0.2) is 8.42 Å². The highest BCUT2D eigenvalue weighted by Gasteiger charge is 2.21. The highest BCUT2D eigenvalue weighted by atomic mass is 35.5. The minimum atomic E-state index is -3.81. The van der Waals surface area contributed by atoms with Gasteiger partial charge in [-0.3, -0.25) is 9.52 Å². The lowest BCUT2D eigenvalue weighted by atomic mass is 10.1. The first-order chi connectivity index (χ1) is 15.6. The lowest BCUT2D eigenvalue weighted by Gasteiger charge is -2.19. The number of amides is 1. The molecule has 0 aliphatic rings. The van der Waals surface area contributed by atoms with Gasteiger partial charge in [-0.2, -0.15) is 0 Å². The summed E-state index contributed by atoms with van der Waals surface area (Å²) in [5.74, 6) is 0.363. The molecule has 0 spiro atoms. The maximum Gasteiger partial charge on any atom is 0.265 e. The number of carbonyl (C=O) groups excluding carboxylic acids is 1. The molecule has 2 N–H and O–H groups in total. The maximum atomic E-state index is 12.8. The molecule has 0 aromatic heterocycles. The van der Waals surface area contributed by atoms with Crippen molar-refractivity contribution in [2.45, 2.75) is 45.1 Å². The van der Waals surface area contributed by atoms with E-state index in [-0.39, 0.29) is 10.8 Å². The predicted octanol–water partition coefficient (Wildman–Crippen LogP) is 5.86. The Morgan fingerprint density at radius 3 is 2.36 bits per heavy atom. The predicted molar refractivity (Wildman–Crippen MR) is 133 cm³/mol. The zero-order valence-electron chi connectivity index (χ0n) is 19.0. The van der Waals surface area contributed by atoms with Crippen LogP contribution in [0.5, 0.6) is 5.75 Å². The summed E-state index contributed by atoms with van der Waals surface area (Å²) < 4.78 is 34.0. The van der Waals surface area contributed by atoms with Crippen LogP contribution in [0.4, 0.5) is 11.4 Å². The third-order valence-corrected chi connectivity index (χ3v) is 6.98. The molecule has 0 heterocycles. The smallest absolute Gasteiger partial charge is 0.265 e. The molecule has 0 aliphatic carbocycles. The van der Waals surface area contributed by atoms with Gasteiger partial charge in [0.2, 0.25) is 0 Å². The zero-order chi connectivity index (χ0) is 24.2. The van der Waals surface area contributed by atoms with Crippen molar-refractivity contribution in [1.29, 1.82) is 0 Å². The third kappa shape index (κ3) is 6.06. The Balaban J connectivity index is 1.70. The van der Waals surface area contributed by atoms with Crippen LogP contribution >= 0.6 is 11.6 Å². The summed E-state index contributed by atoms with van der Waals surface area (Å²) in [6.45, 7) is 7.60. The molecule has 0 unspecified atom stereocenters. The van der Waals surface area contributed by atoms with E-state index >= 15 is 0 Å². The Labute approximate surface area is 200 Å². The monoisotopic (exact) mass is 486 g/mol.